The molecule has 0 aliphatic heterocycles. The standard InChI is InChI=1S/C43H74NO9P/c1-3-5-7-9-11-13-15-17-18-20-22-24-26-28-30-34-43(47)53-41(39-52-54(48,49)51-37-36-44)38-50-42(46)35-31-33-40(45)32-29-27-25-23-21-19-16-14-12-10-8-6-4-2/h6,8,12,14,17-19,21,25,27,29,32,40-41,45H,3-5,7,9-11,13,15-16,20,22-24,26,28,30-31,33-39,44H2,1-2H3,(H,48,49)/b8-6-,14-12-,18-17-,21-19-,27-25-,32-29+/t40?,41-/m1/s1. The maximum atomic E-state index is 12.6. The van der Waals surface area contributed by atoms with E-state index in [0.717, 1.165) is 64.2 Å². The van der Waals surface area contributed by atoms with Crippen LogP contribution in [0.1, 0.15) is 149 Å². The summed E-state index contributed by atoms with van der Waals surface area (Å²) in [5, 5.41) is 10.2. The van der Waals surface area contributed by atoms with E-state index in [1.807, 2.05) is 12.2 Å². The SMILES string of the molecule is CC/C=C\C/C=C\C/C=C\C/C=C\C=C\C(O)CCCC(=O)OC[C@H](COP(=O)(O)OCCN)OC(=O)CCCCCCC/C=C\CCCCCCCC. The van der Waals surface area contributed by atoms with Crippen molar-refractivity contribution in [3.63, 3.8) is 0 Å². The monoisotopic (exact) mass is 780 g/mol. The van der Waals surface area contributed by atoms with Gasteiger partial charge in [0.2, 0.25) is 0 Å². The number of aliphatic hydroxyl groups is 1. The van der Waals surface area contributed by atoms with E-state index in [1.54, 1.807) is 12.2 Å². The van der Waals surface area contributed by atoms with E-state index in [9.17, 15) is 24.2 Å². The maximum absolute atomic E-state index is 12.6. The molecular formula is C43H74NO9P. The highest BCUT2D eigenvalue weighted by Gasteiger charge is 2.26. The van der Waals surface area contributed by atoms with E-state index in [0.29, 0.717) is 19.3 Å². The van der Waals surface area contributed by atoms with Gasteiger partial charge in [-0.05, 0) is 70.6 Å². The number of ether oxygens (including phenoxy) is 2. The molecule has 0 saturated carbocycles. The Morgan fingerprint density at radius 3 is 1.87 bits per heavy atom. The van der Waals surface area contributed by atoms with Crippen LogP contribution in [0, 0.1) is 0 Å². The third-order valence-corrected chi connectivity index (χ3v) is 9.16. The number of phosphoric acid groups is 1. The molecule has 11 heteroatoms. The normalized spacial score (nSPS) is 14.7. The second-order valence-corrected chi connectivity index (χ2v) is 14.8. The number of hydrogen-bond acceptors (Lipinski definition) is 9. The summed E-state index contributed by atoms with van der Waals surface area (Å²) in [5.41, 5.74) is 5.33. The Balaban J connectivity index is 4.41. The number of carbonyl (C=O) groups excluding carboxylic acids is 2. The number of phosphoric ester groups is 1. The van der Waals surface area contributed by atoms with Crippen molar-refractivity contribution in [1.29, 1.82) is 0 Å². The summed E-state index contributed by atoms with van der Waals surface area (Å²) in [6.45, 7) is 3.35. The van der Waals surface area contributed by atoms with Crippen molar-refractivity contribution in [3.05, 3.63) is 72.9 Å². The van der Waals surface area contributed by atoms with Gasteiger partial charge in [-0.3, -0.25) is 18.6 Å². The number of aliphatic hydroxyl groups excluding tert-OH is 1. The van der Waals surface area contributed by atoms with Gasteiger partial charge in [0.1, 0.15) is 6.61 Å². The molecule has 4 N–H and O–H groups in total. The van der Waals surface area contributed by atoms with Crippen molar-refractivity contribution in [2.75, 3.05) is 26.4 Å². The molecule has 0 saturated heterocycles. The lowest BCUT2D eigenvalue weighted by Crippen LogP contribution is -2.29. The van der Waals surface area contributed by atoms with Gasteiger partial charge in [0.15, 0.2) is 6.10 Å². The average Bonchev–Trinajstić information content (AvgIpc) is 3.15. The summed E-state index contributed by atoms with van der Waals surface area (Å²) >= 11 is 0. The summed E-state index contributed by atoms with van der Waals surface area (Å²) in [7, 11) is -4.43. The first kappa shape index (κ1) is 51.4. The van der Waals surface area contributed by atoms with Crippen LogP contribution in [0.4, 0.5) is 0 Å². The van der Waals surface area contributed by atoms with Crippen molar-refractivity contribution in [2.24, 2.45) is 5.73 Å². The molecule has 0 aliphatic rings. The number of rotatable bonds is 37. The van der Waals surface area contributed by atoms with Crippen molar-refractivity contribution >= 4 is 19.8 Å². The Morgan fingerprint density at radius 1 is 0.667 bits per heavy atom. The molecule has 0 amide bonds. The van der Waals surface area contributed by atoms with Crippen LogP contribution in [0.2, 0.25) is 0 Å². The molecule has 310 valence electrons. The molecule has 0 spiro atoms. The highest BCUT2D eigenvalue weighted by molar-refractivity contribution is 7.47. The fourth-order valence-electron chi connectivity index (χ4n) is 5.13. The van der Waals surface area contributed by atoms with Crippen LogP contribution in [0.15, 0.2) is 72.9 Å². The summed E-state index contributed by atoms with van der Waals surface area (Å²) in [5.74, 6) is -1.05. The van der Waals surface area contributed by atoms with Gasteiger partial charge < -0.3 is 25.2 Å². The second kappa shape index (κ2) is 38.7. The minimum atomic E-state index is -4.43. The third kappa shape index (κ3) is 37.7. The number of allylic oxidation sites excluding steroid dienone is 11. The molecule has 2 unspecified atom stereocenters. The molecule has 0 aliphatic carbocycles. The first-order chi connectivity index (χ1) is 26.2. The number of hydrogen-bond donors (Lipinski definition) is 3. The first-order valence-corrected chi connectivity index (χ1v) is 22.0. The fourth-order valence-corrected chi connectivity index (χ4v) is 5.89. The third-order valence-electron chi connectivity index (χ3n) is 8.18. The quantitative estimate of drug-likeness (QED) is 0.0182. The lowest BCUT2D eigenvalue weighted by atomic mass is 10.1. The van der Waals surface area contributed by atoms with Gasteiger partial charge in [0.25, 0.3) is 0 Å². The predicted octanol–water partition coefficient (Wildman–Crippen LogP) is 10.5. The topological polar surface area (TPSA) is 155 Å². The molecule has 3 atom stereocenters. The van der Waals surface area contributed by atoms with Gasteiger partial charge in [-0.2, -0.15) is 0 Å². The fraction of sp³-hybridized carbons (Fsp3) is 0.674. The van der Waals surface area contributed by atoms with Gasteiger partial charge in [-0.25, -0.2) is 4.57 Å². The Labute approximate surface area is 327 Å². The van der Waals surface area contributed by atoms with Gasteiger partial charge in [-0.15, -0.1) is 0 Å². The van der Waals surface area contributed by atoms with Crippen LogP contribution in [0.25, 0.3) is 0 Å². The average molecular weight is 780 g/mol. The Hall–Kier alpha value is -2.59. The zero-order chi connectivity index (χ0) is 39.8. The van der Waals surface area contributed by atoms with E-state index in [4.69, 9.17) is 24.3 Å². The summed E-state index contributed by atoms with van der Waals surface area (Å²) in [6, 6.07) is 0. The number of nitrogens with two attached hydrogens (primary N) is 1. The minimum Gasteiger partial charge on any atom is -0.462 e. The van der Waals surface area contributed by atoms with Crippen molar-refractivity contribution in [1.82, 2.24) is 0 Å². The predicted molar refractivity (Wildman–Crippen MR) is 221 cm³/mol. The van der Waals surface area contributed by atoms with Crippen LogP contribution in [-0.2, 0) is 32.7 Å². The minimum absolute atomic E-state index is 0.0226. The lowest BCUT2D eigenvalue weighted by molar-refractivity contribution is -0.161. The molecule has 0 aromatic carbocycles. The molecular weight excluding hydrogens is 705 g/mol. The summed E-state index contributed by atoms with van der Waals surface area (Å²) in [6.07, 6.45) is 42.5. The molecule has 0 radical (unpaired) electrons. The number of unbranched alkanes of at least 4 members (excludes halogenated alkanes) is 11. The van der Waals surface area contributed by atoms with Crippen LogP contribution >= 0.6 is 7.82 Å². The van der Waals surface area contributed by atoms with Gasteiger partial charge in [-0.1, -0.05) is 138 Å². The van der Waals surface area contributed by atoms with E-state index < -0.39 is 38.6 Å². The summed E-state index contributed by atoms with van der Waals surface area (Å²) in [4.78, 5) is 34.8. The van der Waals surface area contributed by atoms with Crippen LogP contribution < -0.4 is 5.73 Å². The largest absolute Gasteiger partial charge is 0.472 e. The van der Waals surface area contributed by atoms with Crippen LogP contribution in [0.5, 0.6) is 0 Å². The van der Waals surface area contributed by atoms with E-state index in [2.05, 4.69) is 62.5 Å². The van der Waals surface area contributed by atoms with Gasteiger partial charge >= 0.3 is 19.8 Å². The first-order valence-electron chi connectivity index (χ1n) is 20.5. The molecule has 0 aromatic heterocycles. The molecule has 54 heavy (non-hydrogen) atoms. The molecule has 10 nitrogen and oxygen atoms in total. The van der Waals surface area contributed by atoms with Crippen LogP contribution in [-0.4, -0.2) is 60.5 Å². The molecule has 0 bridgehead atoms. The zero-order valence-corrected chi connectivity index (χ0v) is 34.4. The second-order valence-electron chi connectivity index (χ2n) is 13.3. The molecule has 0 aromatic rings. The van der Waals surface area contributed by atoms with E-state index in [-0.39, 0.29) is 32.6 Å². The number of carbonyl (C=O) groups is 2. The smallest absolute Gasteiger partial charge is 0.462 e. The number of esters is 2. The lowest BCUT2D eigenvalue weighted by Gasteiger charge is -2.20. The molecule has 0 fully saturated rings. The zero-order valence-electron chi connectivity index (χ0n) is 33.5. The maximum Gasteiger partial charge on any atom is 0.472 e. The molecule has 0 heterocycles. The van der Waals surface area contributed by atoms with E-state index >= 15 is 0 Å². The van der Waals surface area contributed by atoms with Crippen molar-refractivity contribution < 1.29 is 42.7 Å². The Morgan fingerprint density at radius 2 is 1.24 bits per heavy atom. The Kier molecular flexibility index (Phi) is 36.8. The van der Waals surface area contributed by atoms with Gasteiger partial charge in [0.05, 0.1) is 19.3 Å². The highest BCUT2D eigenvalue weighted by atomic mass is 31.2. The Bertz CT molecular complexity index is 1130. The molecule has 0 rings (SSSR count). The van der Waals surface area contributed by atoms with Crippen molar-refractivity contribution in [3.8, 4) is 0 Å². The highest BCUT2D eigenvalue weighted by Crippen LogP contribution is 2.43. The van der Waals surface area contributed by atoms with Gasteiger partial charge in [0, 0.05) is 19.4 Å². The van der Waals surface area contributed by atoms with Crippen LogP contribution in [0.3, 0.4) is 0 Å². The summed E-state index contributed by atoms with van der Waals surface area (Å²) < 4.78 is 32.6. The van der Waals surface area contributed by atoms with E-state index in [1.165, 1.54) is 38.5 Å². The van der Waals surface area contributed by atoms with Crippen molar-refractivity contribution in [2.45, 2.75) is 161 Å².